The maximum absolute atomic E-state index is 12.9. The molecule has 1 unspecified atom stereocenters. The highest BCUT2D eigenvalue weighted by Crippen LogP contribution is 2.26. The lowest BCUT2D eigenvalue weighted by atomic mass is 9.96. The molecule has 0 aliphatic carbocycles. The summed E-state index contributed by atoms with van der Waals surface area (Å²) in [5, 5.41) is 15.4. The Balaban J connectivity index is 1.62. The maximum atomic E-state index is 12.9. The number of carbonyl (C=O) groups excluding carboxylic acids is 1. The number of ether oxygens (including phenoxy) is 1. The smallest absolute Gasteiger partial charge is 0.257 e. The van der Waals surface area contributed by atoms with E-state index in [2.05, 4.69) is 18.9 Å². The number of hydrogen-bond acceptors (Lipinski definition) is 4. The lowest BCUT2D eigenvalue weighted by Crippen LogP contribution is -2.38. The topological polar surface area (TPSA) is 67.6 Å². The molecule has 1 atom stereocenters. The molecule has 1 amide bonds. The van der Waals surface area contributed by atoms with Gasteiger partial charge in [0.25, 0.3) is 5.91 Å². The highest BCUT2D eigenvalue weighted by Gasteiger charge is 2.33. The molecule has 1 saturated heterocycles. The number of amides is 1. The van der Waals surface area contributed by atoms with Crippen molar-refractivity contribution in [2.45, 2.75) is 59.1 Å². The molecule has 0 spiro atoms. The second-order valence-electron chi connectivity index (χ2n) is 7.89. The van der Waals surface area contributed by atoms with Crippen molar-refractivity contribution < 1.29 is 14.6 Å². The lowest BCUT2D eigenvalue weighted by Gasteiger charge is -2.27. The molecule has 152 valence electrons. The summed E-state index contributed by atoms with van der Waals surface area (Å²) in [5.74, 6) is 0.771. The van der Waals surface area contributed by atoms with E-state index in [1.54, 1.807) is 4.68 Å². The fourth-order valence-electron chi connectivity index (χ4n) is 3.61. The van der Waals surface area contributed by atoms with Crippen LogP contribution in [-0.4, -0.2) is 51.0 Å². The van der Waals surface area contributed by atoms with E-state index in [0.717, 1.165) is 24.4 Å². The number of rotatable bonds is 5. The number of carbonyl (C=O) groups is 1. The molecule has 3 rings (SSSR count). The number of aryl methyl sites for hydroxylation is 4. The van der Waals surface area contributed by atoms with Crippen molar-refractivity contribution in [1.29, 1.82) is 0 Å². The second-order valence-corrected chi connectivity index (χ2v) is 7.89. The summed E-state index contributed by atoms with van der Waals surface area (Å²) >= 11 is 0. The molecule has 1 aromatic carbocycles. The third kappa shape index (κ3) is 4.55. The van der Waals surface area contributed by atoms with E-state index >= 15 is 0 Å². The number of nitrogens with zero attached hydrogens (tertiary/aromatic N) is 3. The molecule has 6 nitrogen and oxygen atoms in total. The van der Waals surface area contributed by atoms with Gasteiger partial charge in [-0.1, -0.05) is 6.07 Å². The second kappa shape index (κ2) is 8.35. The predicted molar refractivity (Wildman–Crippen MR) is 109 cm³/mol. The van der Waals surface area contributed by atoms with Crippen molar-refractivity contribution in [3.8, 4) is 5.75 Å². The van der Waals surface area contributed by atoms with Crippen molar-refractivity contribution in [2.75, 3.05) is 19.7 Å². The van der Waals surface area contributed by atoms with Crippen molar-refractivity contribution in [2.24, 2.45) is 0 Å². The monoisotopic (exact) mass is 385 g/mol. The standard InChI is InChI=1S/C22H31N3O3/c1-5-25-14-20(18(4)23-25)21(26)24-11-6-9-22(27,10-12-24)15-28-19-8-7-16(2)17(3)13-19/h7-8,13-14,27H,5-6,9-12,15H2,1-4H3. The van der Waals surface area contributed by atoms with Gasteiger partial charge in [-0.25, -0.2) is 0 Å². The summed E-state index contributed by atoms with van der Waals surface area (Å²) in [6.07, 6.45) is 3.69. The van der Waals surface area contributed by atoms with Gasteiger partial charge in [-0.05, 0) is 70.2 Å². The first-order valence-electron chi connectivity index (χ1n) is 10.1. The van der Waals surface area contributed by atoms with Crippen molar-refractivity contribution in [3.63, 3.8) is 0 Å². The molecule has 0 radical (unpaired) electrons. The molecule has 2 aromatic rings. The number of likely N-dealkylation sites (tertiary alicyclic amines) is 1. The number of aromatic nitrogens is 2. The molecule has 28 heavy (non-hydrogen) atoms. The Labute approximate surface area is 167 Å². The summed E-state index contributed by atoms with van der Waals surface area (Å²) < 4.78 is 7.68. The Bertz CT molecular complexity index is 846. The third-order valence-electron chi connectivity index (χ3n) is 5.69. The average Bonchev–Trinajstić information content (AvgIpc) is 2.94. The molecule has 0 bridgehead atoms. The van der Waals surface area contributed by atoms with E-state index in [0.29, 0.717) is 31.5 Å². The minimum atomic E-state index is -0.920. The lowest BCUT2D eigenvalue weighted by molar-refractivity contribution is -0.0163. The van der Waals surface area contributed by atoms with E-state index in [-0.39, 0.29) is 12.5 Å². The van der Waals surface area contributed by atoms with Gasteiger partial charge in [-0.2, -0.15) is 5.10 Å². The average molecular weight is 386 g/mol. The van der Waals surface area contributed by atoms with Crippen LogP contribution in [0.2, 0.25) is 0 Å². The first-order valence-corrected chi connectivity index (χ1v) is 10.1. The van der Waals surface area contributed by atoms with Crippen LogP contribution in [0.5, 0.6) is 5.75 Å². The summed E-state index contributed by atoms with van der Waals surface area (Å²) in [6.45, 7) is 10.1. The highest BCUT2D eigenvalue weighted by atomic mass is 16.5. The molecular weight excluding hydrogens is 354 g/mol. The summed E-state index contributed by atoms with van der Waals surface area (Å²) in [7, 11) is 0. The van der Waals surface area contributed by atoms with Crippen molar-refractivity contribution in [3.05, 3.63) is 46.8 Å². The fourth-order valence-corrected chi connectivity index (χ4v) is 3.61. The van der Waals surface area contributed by atoms with Crippen LogP contribution >= 0.6 is 0 Å². The Kier molecular flexibility index (Phi) is 6.08. The molecule has 0 saturated carbocycles. The van der Waals surface area contributed by atoms with Crippen LogP contribution in [0, 0.1) is 20.8 Å². The quantitative estimate of drug-likeness (QED) is 0.858. The Morgan fingerprint density at radius 1 is 1.21 bits per heavy atom. The summed E-state index contributed by atoms with van der Waals surface area (Å²) in [4.78, 5) is 14.8. The number of benzene rings is 1. The Morgan fingerprint density at radius 3 is 2.68 bits per heavy atom. The zero-order chi connectivity index (χ0) is 20.3. The number of hydrogen-bond donors (Lipinski definition) is 1. The van der Waals surface area contributed by atoms with Gasteiger partial charge in [-0.3, -0.25) is 9.48 Å². The van der Waals surface area contributed by atoms with Gasteiger partial charge >= 0.3 is 0 Å². The number of aliphatic hydroxyl groups is 1. The molecule has 1 aliphatic heterocycles. The van der Waals surface area contributed by atoms with Crippen molar-refractivity contribution >= 4 is 5.91 Å². The largest absolute Gasteiger partial charge is 0.491 e. The highest BCUT2D eigenvalue weighted by molar-refractivity contribution is 5.95. The Morgan fingerprint density at radius 2 is 2.00 bits per heavy atom. The zero-order valence-electron chi connectivity index (χ0n) is 17.4. The molecule has 1 N–H and O–H groups in total. The molecule has 6 heteroatoms. The van der Waals surface area contributed by atoms with Gasteiger partial charge in [0, 0.05) is 25.8 Å². The molecular formula is C22H31N3O3. The van der Waals surface area contributed by atoms with Crippen molar-refractivity contribution in [1.82, 2.24) is 14.7 Å². The van der Waals surface area contributed by atoms with E-state index < -0.39 is 5.60 Å². The summed E-state index contributed by atoms with van der Waals surface area (Å²) in [5.41, 5.74) is 2.88. The predicted octanol–water partition coefficient (Wildman–Crippen LogP) is 3.26. The molecule has 1 fully saturated rings. The first-order chi connectivity index (χ1) is 13.3. The van der Waals surface area contributed by atoms with E-state index in [9.17, 15) is 9.90 Å². The first kappa shape index (κ1) is 20.4. The van der Waals surface area contributed by atoms with Crippen LogP contribution in [0.1, 0.15) is 53.4 Å². The molecule has 1 aliphatic rings. The molecule has 1 aromatic heterocycles. The third-order valence-corrected chi connectivity index (χ3v) is 5.69. The van der Waals surface area contributed by atoms with Crippen LogP contribution in [0.15, 0.2) is 24.4 Å². The van der Waals surface area contributed by atoms with E-state index in [4.69, 9.17) is 4.74 Å². The van der Waals surface area contributed by atoms with Crippen LogP contribution < -0.4 is 4.74 Å². The van der Waals surface area contributed by atoms with Crippen LogP contribution in [-0.2, 0) is 6.54 Å². The van der Waals surface area contributed by atoms with E-state index in [1.807, 2.05) is 43.1 Å². The van der Waals surface area contributed by atoms with Gasteiger partial charge in [-0.15, -0.1) is 0 Å². The van der Waals surface area contributed by atoms with Gasteiger partial charge in [0.15, 0.2) is 0 Å². The minimum Gasteiger partial charge on any atom is -0.491 e. The SMILES string of the molecule is CCn1cc(C(=O)N2CCCC(O)(COc3ccc(C)c(C)c3)CC2)c(C)n1. The van der Waals surface area contributed by atoms with Crippen LogP contribution in [0.4, 0.5) is 0 Å². The van der Waals surface area contributed by atoms with E-state index in [1.165, 1.54) is 11.1 Å². The van der Waals surface area contributed by atoms with Crippen LogP contribution in [0.3, 0.4) is 0 Å². The Hall–Kier alpha value is -2.34. The molecule has 2 heterocycles. The maximum Gasteiger partial charge on any atom is 0.257 e. The van der Waals surface area contributed by atoms with Crippen LogP contribution in [0.25, 0.3) is 0 Å². The summed E-state index contributed by atoms with van der Waals surface area (Å²) in [6, 6.07) is 5.97. The van der Waals surface area contributed by atoms with Gasteiger partial charge in [0.05, 0.1) is 11.3 Å². The minimum absolute atomic E-state index is 0.00322. The van der Waals surface area contributed by atoms with Gasteiger partial charge in [0.2, 0.25) is 0 Å². The zero-order valence-corrected chi connectivity index (χ0v) is 17.4. The van der Waals surface area contributed by atoms with Gasteiger partial charge in [0.1, 0.15) is 18.0 Å². The normalized spacial score (nSPS) is 20.1. The fraction of sp³-hybridized carbons (Fsp3) is 0.545. The van der Waals surface area contributed by atoms with Gasteiger partial charge < -0.3 is 14.7 Å².